The van der Waals surface area contributed by atoms with Gasteiger partial charge in [-0.1, -0.05) is 64.5 Å². The molecule has 10 heteroatoms. The van der Waals surface area contributed by atoms with Gasteiger partial charge in [-0.15, -0.1) is 0 Å². The minimum Gasteiger partial charge on any atom is -0.458 e. The zero-order valence-corrected chi connectivity index (χ0v) is 26.3. The van der Waals surface area contributed by atoms with Crippen LogP contribution in [0.4, 0.5) is 0 Å². The number of esters is 1. The second-order valence-electron chi connectivity index (χ2n) is 13.6. The van der Waals surface area contributed by atoms with E-state index in [1.54, 1.807) is 32.1 Å². The lowest BCUT2D eigenvalue weighted by Gasteiger charge is -2.61. The highest BCUT2D eigenvalue weighted by molar-refractivity contribution is 6.05. The largest absolute Gasteiger partial charge is 0.458 e. The van der Waals surface area contributed by atoms with Gasteiger partial charge in [0.1, 0.15) is 30.0 Å². The van der Waals surface area contributed by atoms with Crippen molar-refractivity contribution in [2.24, 2.45) is 17.8 Å². The minimum atomic E-state index is -2.38. The van der Waals surface area contributed by atoms with Crippen LogP contribution >= 0.6 is 0 Å². The van der Waals surface area contributed by atoms with Crippen LogP contribution in [0.2, 0.25) is 0 Å². The summed E-state index contributed by atoms with van der Waals surface area (Å²) < 4.78 is 32.9. The normalized spacial score (nSPS) is 48.2. The van der Waals surface area contributed by atoms with Gasteiger partial charge in [-0.3, -0.25) is 9.59 Å². The fourth-order valence-electron chi connectivity index (χ4n) is 8.89. The summed E-state index contributed by atoms with van der Waals surface area (Å²) in [5.74, 6) is -5.45. The van der Waals surface area contributed by atoms with Crippen molar-refractivity contribution in [2.45, 2.75) is 126 Å². The van der Waals surface area contributed by atoms with Gasteiger partial charge in [0.05, 0.1) is 12.2 Å². The van der Waals surface area contributed by atoms with Crippen molar-refractivity contribution in [3.05, 3.63) is 48.1 Å². The van der Waals surface area contributed by atoms with Crippen LogP contribution in [0.5, 0.6) is 0 Å². The average Bonchev–Trinajstić information content (AvgIpc) is 3.61. The molecule has 2 unspecified atom stereocenters. The summed E-state index contributed by atoms with van der Waals surface area (Å²) in [4.78, 5) is 26.9. The molecule has 0 amide bonds. The number of ketones is 1. The predicted molar refractivity (Wildman–Crippen MR) is 158 cm³/mol. The maximum atomic E-state index is 13.7. The Hall–Kier alpha value is -2.18. The quantitative estimate of drug-likeness (QED) is 0.104. The summed E-state index contributed by atoms with van der Waals surface area (Å²) in [6.07, 6.45) is 9.52. The fourth-order valence-corrected chi connectivity index (χ4v) is 8.89. The fraction of sp³-hybridized carbons (Fsp3) is 0.706. The molecule has 3 saturated heterocycles. The molecule has 242 valence electrons. The maximum Gasteiger partial charge on any atom is 0.307 e. The Bertz CT molecular complexity index is 1320. The number of rotatable bonds is 11. The van der Waals surface area contributed by atoms with E-state index in [2.05, 4.69) is 19.6 Å². The van der Waals surface area contributed by atoms with Gasteiger partial charge in [-0.05, 0) is 44.3 Å². The number of allylic oxidation sites excluding steroid dienone is 3. The van der Waals surface area contributed by atoms with E-state index in [4.69, 9.17) is 23.7 Å². The van der Waals surface area contributed by atoms with Gasteiger partial charge in [0.15, 0.2) is 17.0 Å². The molecule has 0 aromatic carbocycles. The molecular weight excluding hydrogens is 568 g/mol. The zero-order valence-electron chi connectivity index (χ0n) is 26.3. The van der Waals surface area contributed by atoms with Crippen LogP contribution in [-0.4, -0.2) is 86.5 Å². The summed E-state index contributed by atoms with van der Waals surface area (Å²) in [6.45, 7) is 12.9. The van der Waals surface area contributed by atoms with Crippen LogP contribution in [0.3, 0.4) is 0 Å². The van der Waals surface area contributed by atoms with Gasteiger partial charge in [0.2, 0.25) is 0 Å². The molecule has 0 aromatic heterocycles. The number of fused-ring (bicyclic) bond motifs is 3. The average molecular weight is 615 g/mol. The Kier molecular flexibility index (Phi) is 7.72. The minimum absolute atomic E-state index is 0.176. The Morgan fingerprint density at radius 2 is 1.89 bits per heavy atom. The molecule has 6 aliphatic rings. The van der Waals surface area contributed by atoms with Crippen molar-refractivity contribution in [3.8, 4) is 0 Å². The topological polar surface area (TPSA) is 144 Å². The first-order valence-corrected chi connectivity index (χ1v) is 16.1. The molecule has 0 aromatic rings. The second kappa shape index (κ2) is 10.7. The summed E-state index contributed by atoms with van der Waals surface area (Å²) >= 11 is 0. The molecule has 12 atom stereocenters. The number of unbranched alkanes of at least 4 members (excludes halogenated alkanes) is 3. The molecular formula is C34H46O10. The predicted octanol–water partition coefficient (Wildman–Crippen LogP) is 3.19. The van der Waals surface area contributed by atoms with Gasteiger partial charge >= 0.3 is 11.9 Å². The molecule has 3 N–H and O–H groups in total. The standard InChI is InChI=1S/C34H46O10/c1-7-9-10-11-12-13-14-16-31-42-28-24-27-30(18-35,41-27)29(38)32(39)22(17-20(5)25(32)37)34(24,44-31)21(6)26(40-23(36)15-8-2)33(28,43-31)19(3)4/h12-14,16-17,21-22,24,26-29,35,38-39H,3,7-11,15,18H2,1-2,4-6H3/b13-12+,16-14+/t21-,22-,24+,26-,27-,28-,29-,30+,31?,32-,33+,34?/m1/s1. The number of aliphatic hydroxyl groups is 3. The molecule has 3 heterocycles. The monoisotopic (exact) mass is 614 g/mol. The lowest BCUT2D eigenvalue weighted by molar-refractivity contribution is -0.407. The van der Waals surface area contributed by atoms with Gasteiger partial charge in [0, 0.05) is 30.3 Å². The van der Waals surface area contributed by atoms with E-state index in [1.165, 1.54) is 0 Å². The molecule has 10 nitrogen and oxygen atoms in total. The summed E-state index contributed by atoms with van der Waals surface area (Å²) in [6, 6.07) is 0. The Balaban J connectivity index is 1.55. The number of hydrogen-bond donors (Lipinski definition) is 3. The Labute approximate surface area is 258 Å². The molecule has 2 saturated carbocycles. The molecule has 3 aliphatic carbocycles. The lowest BCUT2D eigenvalue weighted by atomic mass is 9.53. The van der Waals surface area contributed by atoms with E-state index >= 15 is 0 Å². The number of Topliss-reactive ketones (excluding diaryl/α,β-unsaturated/α-hetero) is 1. The molecule has 5 fully saturated rings. The van der Waals surface area contributed by atoms with Gasteiger partial charge in [-0.2, -0.15) is 0 Å². The molecule has 44 heavy (non-hydrogen) atoms. The molecule has 6 rings (SSSR count). The van der Waals surface area contributed by atoms with E-state index in [-0.39, 0.29) is 12.0 Å². The Morgan fingerprint density at radius 1 is 1.14 bits per heavy atom. The highest BCUT2D eigenvalue weighted by Crippen LogP contribution is 2.73. The molecule has 0 spiro atoms. The number of aliphatic hydroxyl groups excluding tert-OH is 2. The smallest absolute Gasteiger partial charge is 0.307 e. The van der Waals surface area contributed by atoms with Gasteiger partial charge in [0.25, 0.3) is 0 Å². The van der Waals surface area contributed by atoms with Crippen LogP contribution < -0.4 is 0 Å². The van der Waals surface area contributed by atoms with E-state index in [0.717, 1.165) is 25.7 Å². The first-order valence-electron chi connectivity index (χ1n) is 16.1. The highest BCUT2D eigenvalue weighted by Gasteiger charge is 2.90. The summed E-state index contributed by atoms with van der Waals surface area (Å²) in [5, 5.41) is 34.7. The van der Waals surface area contributed by atoms with Crippen LogP contribution in [-0.2, 0) is 33.3 Å². The van der Waals surface area contributed by atoms with Crippen molar-refractivity contribution >= 4 is 11.8 Å². The van der Waals surface area contributed by atoms with Crippen molar-refractivity contribution in [1.29, 1.82) is 0 Å². The van der Waals surface area contributed by atoms with Crippen LogP contribution in [0.1, 0.15) is 73.1 Å². The summed E-state index contributed by atoms with van der Waals surface area (Å²) in [7, 11) is 0. The van der Waals surface area contributed by atoms with E-state index < -0.39 is 88.9 Å². The Morgan fingerprint density at radius 3 is 2.55 bits per heavy atom. The molecule has 3 aliphatic heterocycles. The number of epoxide rings is 1. The zero-order chi connectivity index (χ0) is 31.9. The number of hydrogen-bond acceptors (Lipinski definition) is 10. The first-order chi connectivity index (χ1) is 20.9. The second-order valence-corrected chi connectivity index (χ2v) is 13.6. The van der Waals surface area contributed by atoms with E-state index in [1.807, 2.05) is 19.9 Å². The number of carbonyl (C=O) groups excluding carboxylic acids is 2. The van der Waals surface area contributed by atoms with Crippen molar-refractivity contribution in [1.82, 2.24) is 0 Å². The molecule has 0 radical (unpaired) electrons. The third-order valence-electron chi connectivity index (χ3n) is 11.0. The van der Waals surface area contributed by atoms with Gasteiger partial charge in [-0.25, -0.2) is 0 Å². The highest BCUT2D eigenvalue weighted by atomic mass is 16.9. The third-order valence-corrected chi connectivity index (χ3v) is 11.0. The maximum absolute atomic E-state index is 13.7. The lowest BCUT2D eigenvalue weighted by Crippen LogP contribution is -2.76. The van der Waals surface area contributed by atoms with E-state index in [0.29, 0.717) is 12.0 Å². The van der Waals surface area contributed by atoms with Crippen LogP contribution in [0, 0.1) is 17.8 Å². The van der Waals surface area contributed by atoms with Crippen molar-refractivity contribution < 1.29 is 48.6 Å². The SMILES string of the molecule is C=C(C)[C@@]12OC3(/C=C/C=C/CCCCC)O[C@@H]1[C@@H]1[C@H]4O[C@]4(CO)[C@@H](O)[C@]4(O)C(=O)C(C)=C[C@H]4C1(O3)[C@H](C)[C@H]2OC(=O)CCC. The summed E-state index contributed by atoms with van der Waals surface area (Å²) in [5.41, 5.74) is -6.11. The van der Waals surface area contributed by atoms with Crippen molar-refractivity contribution in [2.75, 3.05) is 6.61 Å². The first kappa shape index (κ1) is 31.8. The number of ether oxygens (including phenoxy) is 5. The molecule has 3 bridgehead atoms. The van der Waals surface area contributed by atoms with Crippen LogP contribution in [0.15, 0.2) is 48.1 Å². The third kappa shape index (κ3) is 3.91. The van der Waals surface area contributed by atoms with E-state index in [9.17, 15) is 24.9 Å². The van der Waals surface area contributed by atoms with Crippen molar-refractivity contribution in [3.63, 3.8) is 0 Å². The van der Waals surface area contributed by atoms with Gasteiger partial charge < -0.3 is 39.0 Å². The number of carbonyl (C=O) groups is 2. The van der Waals surface area contributed by atoms with Crippen LogP contribution in [0.25, 0.3) is 0 Å².